The highest BCUT2D eigenvalue weighted by molar-refractivity contribution is 6.91. The molecule has 8 heteroatoms. The third-order valence-corrected chi connectivity index (χ3v) is 14.7. The van der Waals surface area contributed by atoms with Crippen LogP contribution >= 0.6 is 0 Å². The van der Waals surface area contributed by atoms with Gasteiger partial charge in [0, 0.05) is 0 Å². The van der Waals surface area contributed by atoms with Gasteiger partial charge in [0.15, 0.2) is 0 Å². The SMILES string of the molecule is CC(C)N[Si]1(C)O[Si](C)(C)O[Si](C)(NC(C)C)O1. The molecule has 2 unspecified atom stereocenters. The second-order valence-electron chi connectivity index (χ2n) is 6.20. The summed E-state index contributed by atoms with van der Waals surface area (Å²) in [5.41, 5.74) is 0. The van der Waals surface area contributed by atoms with Crippen molar-refractivity contribution in [3.8, 4) is 0 Å². The summed E-state index contributed by atoms with van der Waals surface area (Å²) in [6.07, 6.45) is 0. The van der Waals surface area contributed by atoms with E-state index in [4.69, 9.17) is 12.3 Å². The van der Waals surface area contributed by atoms with Gasteiger partial charge in [-0.1, -0.05) is 27.7 Å². The predicted octanol–water partition coefficient (Wildman–Crippen LogP) is 1.88. The number of hydrogen-bond acceptors (Lipinski definition) is 5. The Morgan fingerprint density at radius 3 is 1.28 bits per heavy atom. The predicted molar refractivity (Wildman–Crippen MR) is 80.5 cm³/mol. The van der Waals surface area contributed by atoms with Crippen molar-refractivity contribution in [2.45, 2.75) is 66.0 Å². The molecule has 1 saturated heterocycles. The summed E-state index contributed by atoms with van der Waals surface area (Å²) in [5, 5.41) is 0. The molecule has 0 radical (unpaired) electrons. The highest BCUT2D eigenvalue weighted by Gasteiger charge is 2.56. The second kappa shape index (κ2) is 5.44. The number of nitrogens with one attached hydrogen (secondary N) is 2. The first-order valence-electron chi connectivity index (χ1n) is 6.61. The fourth-order valence-corrected chi connectivity index (χ4v) is 17.7. The highest BCUT2D eigenvalue weighted by atomic mass is 28.5. The molecule has 2 atom stereocenters. The molecule has 0 bridgehead atoms. The average Bonchev–Trinajstić information content (AvgIpc) is 1.90. The van der Waals surface area contributed by atoms with Crippen molar-refractivity contribution >= 4 is 26.0 Å². The smallest absolute Gasteiger partial charge is 0.404 e. The summed E-state index contributed by atoms with van der Waals surface area (Å²) in [7, 11) is -6.82. The molecular weight excluding hydrogens is 280 g/mol. The van der Waals surface area contributed by atoms with Gasteiger partial charge in [-0.15, -0.1) is 0 Å². The molecule has 0 spiro atoms. The van der Waals surface area contributed by atoms with Gasteiger partial charge >= 0.3 is 26.0 Å². The molecule has 0 saturated carbocycles. The first-order valence-corrected chi connectivity index (χ1v) is 14.1. The average molecular weight is 309 g/mol. The monoisotopic (exact) mass is 308 g/mol. The fourth-order valence-electron chi connectivity index (χ4n) is 2.54. The minimum Gasteiger partial charge on any atom is -0.404 e. The largest absolute Gasteiger partial charge is 0.405 e. The van der Waals surface area contributed by atoms with E-state index in [0.717, 1.165) is 0 Å². The zero-order chi connectivity index (χ0) is 14.2. The van der Waals surface area contributed by atoms with Gasteiger partial charge in [0.1, 0.15) is 0 Å². The summed E-state index contributed by atoms with van der Waals surface area (Å²) in [5.74, 6) is 0. The summed E-state index contributed by atoms with van der Waals surface area (Å²) < 4.78 is 18.6. The Balaban J connectivity index is 2.90. The van der Waals surface area contributed by atoms with Gasteiger partial charge in [0.05, 0.1) is 0 Å². The Morgan fingerprint density at radius 1 is 0.667 bits per heavy atom. The maximum absolute atomic E-state index is 6.26. The lowest BCUT2D eigenvalue weighted by molar-refractivity contribution is 0.204. The second-order valence-corrected chi connectivity index (χ2v) is 15.8. The zero-order valence-electron chi connectivity index (χ0n) is 12.9. The molecular formula is C10H28N2O3Si3. The summed E-state index contributed by atoms with van der Waals surface area (Å²) in [4.78, 5) is 6.97. The summed E-state index contributed by atoms with van der Waals surface area (Å²) in [6, 6.07) is 0.698. The molecule has 1 aliphatic heterocycles. The van der Waals surface area contributed by atoms with Crippen LogP contribution in [0, 0.1) is 0 Å². The zero-order valence-corrected chi connectivity index (χ0v) is 15.9. The van der Waals surface area contributed by atoms with E-state index in [-0.39, 0.29) is 0 Å². The lowest BCUT2D eigenvalue weighted by atomic mass is 10.4. The van der Waals surface area contributed by atoms with Crippen molar-refractivity contribution in [3.05, 3.63) is 0 Å². The van der Waals surface area contributed by atoms with Crippen LogP contribution in [0.1, 0.15) is 27.7 Å². The molecule has 1 fully saturated rings. The van der Waals surface area contributed by atoms with E-state index in [1.165, 1.54) is 0 Å². The molecule has 0 aromatic heterocycles. The van der Waals surface area contributed by atoms with Crippen molar-refractivity contribution in [1.82, 2.24) is 9.96 Å². The maximum atomic E-state index is 6.26. The molecule has 108 valence electrons. The van der Waals surface area contributed by atoms with Crippen LogP contribution in [0.25, 0.3) is 0 Å². The van der Waals surface area contributed by atoms with Gasteiger partial charge in [-0.2, -0.15) is 0 Å². The van der Waals surface area contributed by atoms with E-state index >= 15 is 0 Å². The van der Waals surface area contributed by atoms with Gasteiger partial charge in [0.25, 0.3) is 0 Å². The Hall–Kier alpha value is 0.451. The highest BCUT2D eigenvalue weighted by Crippen LogP contribution is 2.28. The van der Waals surface area contributed by atoms with Crippen molar-refractivity contribution in [2.75, 3.05) is 0 Å². The Labute approximate surface area is 115 Å². The van der Waals surface area contributed by atoms with Crippen LogP contribution in [0.4, 0.5) is 0 Å². The van der Waals surface area contributed by atoms with Crippen LogP contribution in [0.3, 0.4) is 0 Å². The first-order chi connectivity index (χ1) is 7.95. The Bertz CT molecular complexity index is 278. The van der Waals surface area contributed by atoms with Crippen molar-refractivity contribution in [3.63, 3.8) is 0 Å². The molecule has 0 amide bonds. The quantitative estimate of drug-likeness (QED) is 0.777. The van der Waals surface area contributed by atoms with Gasteiger partial charge in [-0.05, 0) is 38.3 Å². The summed E-state index contributed by atoms with van der Waals surface area (Å²) >= 11 is 0. The van der Waals surface area contributed by atoms with Crippen LogP contribution in [-0.2, 0) is 12.3 Å². The third-order valence-electron chi connectivity index (χ3n) is 2.37. The molecule has 0 aromatic carbocycles. The minimum atomic E-state index is -2.35. The van der Waals surface area contributed by atoms with Crippen LogP contribution in [0.2, 0.25) is 26.2 Å². The normalized spacial score (nSPS) is 36.3. The van der Waals surface area contributed by atoms with Crippen LogP contribution in [0.5, 0.6) is 0 Å². The lowest BCUT2D eigenvalue weighted by Gasteiger charge is -2.49. The van der Waals surface area contributed by atoms with E-state index in [1.807, 2.05) is 0 Å². The van der Waals surface area contributed by atoms with Gasteiger partial charge < -0.3 is 12.3 Å². The molecule has 0 aliphatic carbocycles. The molecule has 18 heavy (non-hydrogen) atoms. The van der Waals surface area contributed by atoms with E-state index < -0.39 is 26.0 Å². The summed E-state index contributed by atoms with van der Waals surface area (Å²) in [6.45, 7) is 16.8. The van der Waals surface area contributed by atoms with E-state index in [1.54, 1.807) is 0 Å². The number of rotatable bonds is 4. The number of hydrogen-bond donors (Lipinski definition) is 2. The van der Waals surface area contributed by atoms with Crippen molar-refractivity contribution in [1.29, 1.82) is 0 Å². The molecule has 5 nitrogen and oxygen atoms in total. The Kier molecular flexibility index (Phi) is 4.99. The molecule has 1 heterocycles. The van der Waals surface area contributed by atoms with Gasteiger partial charge in [-0.3, -0.25) is 9.96 Å². The Morgan fingerprint density at radius 2 is 1.00 bits per heavy atom. The van der Waals surface area contributed by atoms with Crippen LogP contribution < -0.4 is 9.96 Å². The fraction of sp³-hybridized carbons (Fsp3) is 1.00. The first kappa shape index (κ1) is 16.5. The molecule has 1 rings (SSSR count). The third kappa shape index (κ3) is 4.85. The maximum Gasteiger partial charge on any atom is 0.405 e. The van der Waals surface area contributed by atoms with Gasteiger partial charge in [-0.25, -0.2) is 0 Å². The van der Waals surface area contributed by atoms with Crippen molar-refractivity contribution < 1.29 is 12.3 Å². The molecule has 1 aliphatic rings. The van der Waals surface area contributed by atoms with E-state index in [9.17, 15) is 0 Å². The minimum absolute atomic E-state index is 0.349. The van der Waals surface area contributed by atoms with Crippen LogP contribution in [0.15, 0.2) is 0 Å². The van der Waals surface area contributed by atoms with Gasteiger partial charge in [0.2, 0.25) is 0 Å². The molecule has 2 N–H and O–H groups in total. The van der Waals surface area contributed by atoms with Crippen molar-refractivity contribution in [2.24, 2.45) is 0 Å². The lowest BCUT2D eigenvalue weighted by Crippen LogP contribution is -2.76. The van der Waals surface area contributed by atoms with Crippen LogP contribution in [-0.4, -0.2) is 38.1 Å². The van der Waals surface area contributed by atoms with E-state index in [0.29, 0.717) is 12.1 Å². The molecule has 0 aromatic rings. The van der Waals surface area contributed by atoms with E-state index in [2.05, 4.69) is 63.8 Å². The standard InChI is InChI=1S/C10H28N2O3Si3/c1-9(2)11-17(7)13-16(5,6)14-18(8,15-17)12-10(3)4/h9-12H,1-8H3. The topological polar surface area (TPSA) is 51.8 Å².